The Morgan fingerprint density at radius 2 is 1.67 bits per heavy atom. The van der Waals surface area contributed by atoms with Crippen LogP contribution < -0.4 is 10.4 Å². The second-order valence-corrected chi connectivity index (χ2v) is 5.54. The number of hydrogen-bond donors (Lipinski definition) is 1. The van der Waals surface area contributed by atoms with Gasteiger partial charge >= 0.3 is 7.48 Å². The molecular formula is C18H16BNO. The van der Waals surface area contributed by atoms with E-state index in [1.807, 2.05) is 12.1 Å². The van der Waals surface area contributed by atoms with Crippen LogP contribution in [0.25, 0.3) is 0 Å². The van der Waals surface area contributed by atoms with Gasteiger partial charge in [-0.2, -0.15) is 0 Å². The van der Waals surface area contributed by atoms with Gasteiger partial charge in [0, 0.05) is 17.3 Å². The minimum atomic E-state index is 0.0889. The molecule has 2 nitrogen and oxygen atoms in total. The summed E-state index contributed by atoms with van der Waals surface area (Å²) in [6.07, 6.45) is 8.81. The maximum absolute atomic E-state index is 9.21. The maximum atomic E-state index is 9.21. The second kappa shape index (κ2) is 4.94. The molecule has 0 saturated carbocycles. The van der Waals surface area contributed by atoms with Crippen molar-refractivity contribution in [2.75, 3.05) is 4.90 Å². The Morgan fingerprint density at radius 3 is 2.48 bits per heavy atom. The lowest BCUT2D eigenvalue weighted by Gasteiger charge is -2.28. The lowest BCUT2D eigenvalue weighted by Crippen LogP contribution is -2.28. The van der Waals surface area contributed by atoms with Crippen molar-refractivity contribution in [2.45, 2.75) is 12.0 Å². The SMILES string of the molecule is OBc1ccc(N2c3ccccc3C3C=CC=CC32)cc1. The van der Waals surface area contributed by atoms with Crippen LogP contribution in [0.1, 0.15) is 11.5 Å². The van der Waals surface area contributed by atoms with Gasteiger partial charge in [-0.25, -0.2) is 0 Å². The average molecular weight is 273 g/mol. The third-order valence-electron chi connectivity index (χ3n) is 4.36. The van der Waals surface area contributed by atoms with E-state index in [-0.39, 0.29) is 7.48 Å². The number of fused-ring (bicyclic) bond motifs is 3. The fraction of sp³-hybridized carbons (Fsp3) is 0.111. The lowest BCUT2D eigenvalue weighted by molar-refractivity contribution is 0.615. The summed E-state index contributed by atoms with van der Waals surface area (Å²) in [6, 6.07) is 17.1. The predicted octanol–water partition coefficient (Wildman–Crippen LogP) is 2.39. The van der Waals surface area contributed by atoms with Crippen LogP contribution in [-0.2, 0) is 0 Å². The molecule has 2 aromatic rings. The number of rotatable bonds is 2. The predicted molar refractivity (Wildman–Crippen MR) is 88.8 cm³/mol. The van der Waals surface area contributed by atoms with E-state index >= 15 is 0 Å². The summed E-state index contributed by atoms with van der Waals surface area (Å²) in [4.78, 5) is 2.39. The highest BCUT2D eigenvalue weighted by atomic mass is 16.2. The summed E-state index contributed by atoms with van der Waals surface area (Å²) in [5.74, 6) is 0.420. The molecule has 1 N–H and O–H groups in total. The van der Waals surface area contributed by atoms with Crippen LogP contribution in [0, 0.1) is 0 Å². The standard InChI is InChI=1S/C18H16BNO/c21-19-13-9-11-14(12-10-13)20-17-7-3-1-5-15(17)16-6-2-4-8-18(16)20/h1-12,15,17,19,21H. The van der Waals surface area contributed by atoms with Gasteiger partial charge in [-0.05, 0) is 23.8 Å². The first-order valence-corrected chi connectivity index (χ1v) is 7.31. The minimum absolute atomic E-state index is 0.0889. The zero-order valence-corrected chi connectivity index (χ0v) is 11.7. The Balaban J connectivity index is 1.83. The Bertz CT molecular complexity index is 720. The Hall–Kier alpha value is -2.26. The molecule has 0 saturated heterocycles. The van der Waals surface area contributed by atoms with Gasteiger partial charge in [0.05, 0.1) is 6.04 Å². The normalized spacial score (nSPS) is 22.0. The molecule has 2 aromatic carbocycles. The number of hydrogen-bond acceptors (Lipinski definition) is 2. The molecule has 4 rings (SSSR count). The third kappa shape index (κ3) is 1.93. The molecule has 3 heteroatoms. The van der Waals surface area contributed by atoms with Gasteiger partial charge in [-0.15, -0.1) is 0 Å². The molecule has 21 heavy (non-hydrogen) atoms. The molecular weight excluding hydrogens is 257 g/mol. The van der Waals surface area contributed by atoms with E-state index in [4.69, 9.17) is 0 Å². The van der Waals surface area contributed by atoms with Crippen LogP contribution in [0.5, 0.6) is 0 Å². The van der Waals surface area contributed by atoms with Gasteiger partial charge in [0.2, 0.25) is 0 Å². The smallest absolute Gasteiger partial charge is 0.304 e. The summed E-state index contributed by atoms with van der Waals surface area (Å²) in [5.41, 5.74) is 4.78. The topological polar surface area (TPSA) is 23.5 Å². The van der Waals surface area contributed by atoms with Crippen LogP contribution in [0.15, 0.2) is 72.8 Å². The molecule has 1 heterocycles. The van der Waals surface area contributed by atoms with Gasteiger partial charge in [-0.3, -0.25) is 0 Å². The molecule has 2 atom stereocenters. The molecule has 2 aliphatic rings. The van der Waals surface area contributed by atoms with Crippen LogP contribution in [-0.4, -0.2) is 18.5 Å². The largest absolute Gasteiger partial charge is 0.449 e. The first kappa shape index (κ1) is 12.5. The number of nitrogens with zero attached hydrogens (tertiary/aromatic N) is 1. The number of anilines is 2. The summed E-state index contributed by atoms with van der Waals surface area (Å²) in [7, 11) is 0.0889. The van der Waals surface area contributed by atoms with Crippen molar-refractivity contribution in [3.8, 4) is 0 Å². The van der Waals surface area contributed by atoms with Crippen molar-refractivity contribution in [2.24, 2.45) is 0 Å². The van der Waals surface area contributed by atoms with Gasteiger partial charge < -0.3 is 9.92 Å². The maximum Gasteiger partial charge on any atom is 0.304 e. The van der Waals surface area contributed by atoms with Gasteiger partial charge in [0.25, 0.3) is 0 Å². The highest BCUT2D eigenvalue weighted by Crippen LogP contribution is 2.47. The first-order chi connectivity index (χ1) is 10.4. The van der Waals surface area contributed by atoms with E-state index in [2.05, 4.69) is 65.6 Å². The third-order valence-corrected chi connectivity index (χ3v) is 4.36. The Kier molecular flexibility index (Phi) is 2.93. The van der Waals surface area contributed by atoms with E-state index in [0.717, 1.165) is 5.46 Å². The van der Waals surface area contributed by atoms with Crippen LogP contribution >= 0.6 is 0 Å². The van der Waals surface area contributed by atoms with E-state index in [9.17, 15) is 5.02 Å². The van der Waals surface area contributed by atoms with Crippen molar-refractivity contribution in [3.63, 3.8) is 0 Å². The molecule has 1 aliphatic carbocycles. The summed E-state index contributed by atoms with van der Waals surface area (Å²) < 4.78 is 0. The minimum Gasteiger partial charge on any atom is -0.449 e. The fourth-order valence-electron chi connectivity index (χ4n) is 3.35. The fourth-order valence-corrected chi connectivity index (χ4v) is 3.35. The average Bonchev–Trinajstić information content (AvgIpc) is 2.90. The summed E-state index contributed by atoms with van der Waals surface area (Å²) in [5, 5.41) is 9.21. The monoisotopic (exact) mass is 273 g/mol. The zero-order chi connectivity index (χ0) is 14.2. The van der Waals surface area contributed by atoms with Crippen molar-refractivity contribution in [1.82, 2.24) is 0 Å². The molecule has 102 valence electrons. The lowest BCUT2D eigenvalue weighted by atomic mass is 9.88. The van der Waals surface area contributed by atoms with E-state index in [0.29, 0.717) is 12.0 Å². The van der Waals surface area contributed by atoms with Gasteiger partial charge in [0.1, 0.15) is 0 Å². The molecule has 2 unspecified atom stereocenters. The highest BCUT2D eigenvalue weighted by molar-refractivity contribution is 6.45. The van der Waals surface area contributed by atoms with Crippen LogP contribution in [0.4, 0.5) is 11.4 Å². The number of para-hydroxylation sites is 1. The second-order valence-electron chi connectivity index (χ2n) is 5.54. The molecule has 0 aromatic heterocycles. The highest BCUT2D eigenvalue weighted by Gasteiger charge is 2.36. The summed E-state index contributed by atoms with van der Waals surface area (Å²) >= 11 is 0. The van der Waals surface area contributed by atoms with E-state index in [1.165, 1.54) is 16.9 Å². The molecule has 0 bridgehead atoms. The molecule has 0 spiro atoms. The van der Waals surface area contributed by atoms with Gasteiger partial charge in [-0.1, -0.05) is 60.1 Å². The number of allylic oxidation sites excluding steroid dienone is 2. The molecule has 1 aliphatic heterocycles. The van der Waals surface area contributed by atoms with Crippen LogP contribution in [0.3, 0.4) is 0 Å². The van der Waals surface area contributed by atoms with Crippen LogP contribution in [0.2, 0.25) is 0 Å². The van der Waals surface area contributed by atoms with Crippen molar-refractivity contribution in [1.29, 1.82) is 0 Å². The van der Waals surface area contributed by atoms with Crippen molar-refractivity contribution < 1.29 is 5.02 Å². The Labute approximate surface area is 125 Å². The van der Waals surface area contributed by atoms with Gasteiger partial charge in [0.15, 0.2) is 0 Å². The van der Waals surface area contributed by atoms with Crippen molar-refractivity contribution in [3.05, 3.63) is 78.4 Å². The summed E-state index contributed by atoms with van der Waals surface area (Å²) in [6.45, 7) is 0. The molecule has 0 amide bonds. The van der Waals surface area contributed by atoms with Crippen molar-refractivity contribution >= 4 is 24.3 Å². The van der Waals surface area contributed by atoms with E-state index in [1.54, 1.807) is 0 Å². The molecule has 0 radical (unpaired) electrons. The first-order valence-electron chi connectivity index (χ1n) is 7.31. The molecule has 0 fully saturated rings. The number of benzene rings is 2. The quantitative estimate of drug-likeness (QED) is 0.849. The Morgan fingerprint density at radius 1 is 0.905 bits per heavy atom. The zero-order valence-electron chi connectivity index (χ0n) is 11.7. The van der Waals surface area contributed by atoms with E-state index < -0.39 is 0 Å².